The van der Waals surface area contributed by atoms with Crippen LogP contribution in [0.2, 0.25) is 0 Å². The number of carboxylic acid groups (broad SMARTS) is 1. The van der Waals surface area contributed by atoms with E-state index in [1.54, 1.807) is 12.1 Å². The number of hydrogen-bond acceptors (Lipinski definition) is 2. The van der Waals surface area contributed by atoms with Gasteiger partial charge in [0, 0.05) is 20.7 Å². The van der Waals surface area contributed by atoms with Gasteiger partial charge in [0.05, 0.1) is 5.56 Å². The summed E-state index contributed by atoms with van der Waals surface area (Å²) in [4.78, 5) is 11.6. The second-order valence-electron chi connectivity index (χ2n) is 3.93. The Morgan fingerprint density at radius 3 is 2.45 bits per heavy atom. The Bertz CT molecular complexity index is 641. The summed E-state index contributed by atoms with van der Waals surface area (Å²) in [6, 6.07) is 8.33. The zero-order valence-electron chi connectivity index (χ0n) is 10.1. The monoisotopic (exact) mass is 358 g/mol. The van der Waals surface area contributed by atoms with Crippen molar-refractivity contribution in [3.8, 4) is 0 Å². The molecule has 0 aliphatic rings. The van der Waals surface area contributed by atoms with E-state index in [-0.39, 0.29) is 16.9 Å². The molecule has 0 bridgehead atoms. The summed E-state index contributed by atoms with van der Waals surface area (Å²) in [7, 11) is 0. The van der Waals surface area contributed by atoms with Gasteiger partial charge in [-0.3, -0.25) is 0 Å². The summed E-state index contributed by atoms with van der Waals surface area (Å²) in [6.45, 7) is 0. The first-order valence-electron chi connectivity index (χ1n) is 5.57. The van der Waals surface area contributed by atoms with E-state index in [4.69, 9.17) is 5.11 Å². The van der Waals surface area contributed by atoms with Crippen molar-refractivity contribution in [3.05, 3.63) is 63.6 Å². The average Bonchev–Trinajstić information content (AvgIpc) is 2.37. The Labute approximate surface area is 126 Å². The smallest absolute Gasteiger partial charge is 0.336 e. The maximum absolute atomic E-state index is 13.5. The summed E-state index contributed by atoms with van der Waals surface area (Å²) >= 11 is 4.33. The minimum Gasteiger partial charge on any atom is -0.478 e. The molecule has 0 aliphatic carbocycles. The van der Waals surface area contributed by atoms with Crippen molar-refractivity contribution < 1.29 is 18.7 Å². The Morgan fingerprint density at radius 1 is 1.20 bits per heavy atom. The molecule has 0 spiro atoms. The molecule has 0 aromatic heterocycles. The molecule has 6 heteroatoms. The Hall–Kier alpha value is -1.40. The van der Waals surface area contributed by atoms with Gasteiger partial charge in [0.1, 0.15) is 11.6 Å². The van der Waals surface area contributed by atoms with Crippen LogP contribution in [0.5, 0.6) is 0 Å². The largest absolute Gasteiger partial charge is 0.478 e. The second kappa shape index (κ2) is 6.37. The SMILES string of the molecule is O=C(O)c1ccc(Br)cc1SCc1c(F)cccc1F. The molecule has 0 aliphatic heterocycles. The van der Waals surface area contributed by atoms with Crippen LogP contribution in [0.15, 0.2) is 45.8 Å². The van der Waals surface area contributed by atoms with Gasteiger partial charge in [0.2, 0.25) is 0 Å². The number of thioether (sulfide) groups is 1. The molecule has 0 amide bonds. The van der Waals surface area contributed by atoms with Crippen LogP contribution < -0.4 is 0 Å². The molecular weight excluding hydrogens is 350 g/mol. The van der Waals surface area contributed by atoms with E-state index in [2.05, 4.69) is 15.9 Å². The van der Waals surface area contributed by atoms with E-state index in [9.17, 15) is 13.6 Å². The van der Waals surface area contributed by atoms with Gasteiger partial charge in [-0.15, -0.1) is 11.8 Å². The highest BCUT2D eigenvalue weighted by Crippen LogP contribution is 2.30. The topological polar surface area (TPSA) is 37.3 Å². The third kappa shape index (κ3) is 3.37. The van der Waals surface area contributed by atoms with Crippen molar-refractivity contribution in [3.63, 3.8) is 0 Å². The minimum atomic E-state index is -1.07. The van der Waals surface area contributed by atoms with E-state index >= 15 is 0 Å². The highest BCUT2D eigenvalue weighted by atomic mass is 79.9. The van der Waals surface area contributed by atoms with Crippen molar-refractivity contribution in [1.29, 1.82) is 0 Å². The lowest BCUT2D eigenvalue weighted by Gasteiger charge is -2.08. The molecule has 1 N–H and O–H groups in total. The number of aromatic carboxylic acids is 1. The molecule has 2 nitrogen and oxygen atoms in total. The number of rotatable bonds is 4. The quantitative estimate of drug-likeness (QED) is 0.803. The Kier molecular flexibility index (Phi) is 4.77. The van der Waals surface area contributed by atoms with Gasteiger partial charge in [-0.1, -0.05) is 22.0 Å². The molecule has 0 heterocycles. The van der Waals surface area contributed by atoms with Crippen LogP contribution in [-0.4, -0.2) is 11.1 Å². The standard InChI is InChI=1S/C14H9BrF2O2S/c15-8-4-5-9(14(18)19)13(6-8)20-7-10-11(16)2-1-3-12(10)17/h1-6H,7H2,(H,18,19). The Morgan fingerprint density at radius 2 is 1.85 bits per heavy atom. The summed E-state index contributed by atoms with van der Waals surface area (Å²) in [6.07, 6.45) is 0. The van der Waals surface area contributed by atoms with Gasteiger partial charge >= 0.3 is 5.97 Å². The first-order chi connectivity index (χ1) is 9.49. The molecule has 2 rings (SSSR count). The minimum absolute atomic E-state index is 0.0231. The van der Waals surface area contributed by atoms with Gasteiger partial charge in [0.25, 0.3) is 0 Å². The molecule has 20 heavy (non-hydrogen) atoms. The van der Waals surface area contributed by atoms with E-state index in [1.807, 2.05) is 0 Å². The fraction of sp³-hybridized carbons (Fsp3) is 0.0714. The van der Waals surface area contributed by atoms with E-state index in [0.717, 1.165) is 11.8 Å². The zero-order chi connectivity index (χ0) is 14.7. The Balaban J connectivity index is 2.27. The van der Waals surface area contributed by atoms with Crippen molar-refractivity contribution >= 4 is 33.7 Å². The molecule has 0 saturated heterocycles. The first kappa shape index (κ1) is 15.0. The van der Waals surface area contributed by atoms with Crippen LogP contribution in [0.1, 0.15) is 15.9 Å². The molecule has 0 unspecified atom stereocenters. The molecule has 104 valence electrons. The van der Waals surface area contributed by atoms with E-state index in [1.165, 1.54) is 24.3 Å². The normalized spacial score (nSPS) is 10.6. The molecular formula is C14H9BrF2O2S. The fourth-order valence-corrected chi connectivity index (χ4v) is 3.22. The van der Waals surface area contributed by atoms with Gasteiger partial charge in [-0.05, 0) is 30.3 Å². The first-order valence-corrected chi connectivity index (χ1v) is 7.35. The lowest BCUT2D eigenvalue weighted by molar-refractivity contribution is 0.0693. The number of benzene rings is 2. The third-order valence-electron chi connectivity index (χ3n) is 2.61. The van der Waals surface area contributed by atoms with E-state index in [0.29, 0.717) is 9.37 Å². The van der Waals surface area contributed by atoms with Crippen LogP contribution in [0.3, 0.4) is 0 Å². The molecule has 2 aromatic carbocycles. The maximum Gasteiger partial charge on any atom is 0.336 e. The summed E-state index contributed by atoms with van der Waals surface area (Å²) in [5.74, 6) is -2.32. The van der Waals surface area contributed by atoms with Gasteiger partial charge in [-0.2, -0.15) is 0 Å². The number of halogens is 3. The lowest BCUT2D eigenvalue weighted by Crippen LogP contribution is -1.99. The lowest BCUT2D eigenvalue weighted by atomic mass is 10.2. The van der Waals surface area contributed by atoms with Crippen LogP contribution in [0.4, 0.5) is 8.78 Å². The zero-order valence-corrected chi connectivity index (χ0v) is 12.5. The van der Waals surface area contributed by atoms with Crippen LogP contribution >= 0.6 is 27.7 Å². The van der Waals surface area contributed by atoms with Crippen LogP contribution in [-0.2, 0) is 5.75 Å². The van der Waals surface area contributed by atoms with Crippen molar-refractivity contribution in [2.24, 2.45) is 0 Å². The molecule has 0 saturated carbocycles. The molecule has 2 aromatic rings. The third-order valence-corrected chi connectivity index (χ3v) is 4.18. The van der Waals surface area contributed by atoms with E-state index < -0.39 is 17.6 Å². The van der Waals surface area contributed by atoms with Crippen LogP contribution in [0.25, 0.3) is 0 Å². The highest BCUT2D eigenvalue weighted by molar-refractivity contribution is 9.10. The highest BCUT2D eigenvalue weighted by Gasteiger charge is 2.14. The van der Waals surface area contributed by atoms with Crippen LogP contribution in [0, 0.1) is 11.6 Å². The van der Waals surface area contributed by atoms with Gasteiger partial charge < -0.3 is 5.11 Å². The summed E-state index contributed by atoms with van der Waals surface area (Å²) in [5, 5.41) is 9.09. The predicted octanol–water partition coefficient (Wildman–Crippen LogP) is 4.72. The average molecular weight is 359 g/mol. The summed E-state index contributed by atoms with van der Waals surface area (Å²) < 4.78 is 27.7. The molecule has 0 radical (unpaired) electrons. The number of carboxylic acids is 1. The second-order valence-corrected chi connectivity index (χ2v) is 5.87. The van der Waals surface area contributed by atoms with Crippen molar-refractivity contribution in [2.45, 2.75) is 10.6 Å². The van der Waals surface area contributed by atoms with Gasteiger partial charge in [-0.25, -0.2) is 13.6 Å². The molecule has 0 atom stereocenters. The predicted molar refractivity (Wildman–Crippen MR) is 77.0 cm³/mol. The van der Waals surface area contributed by atoms with Gasteiger partial charge in [0.15, 0.2) is 0 Å². The van der Waals surface area contributed by atoms with Crippen molar-refractivity contribution in [1.82, 2.24) is 0 Å². The van der Waals surface area contributed by atoms with Crippen molar-refractivity contribution in [2.75, 3.05) is 0 Å². The molecule has 0 fully saturated rings. The maximum atomic E-state index is 13.5. The summed E-state index contributed by atoms with van der Waals surface area (Å²) in [5.41, 5.74) is 0.0451. The fourth-order valence-electron chi connectivity index (χ4n) is 1.61. The number of carbonyl (C=O) groups is 1. The number of hydrogen-bond donors (Lipinski definition) is 1.